The second kappa shape index (κ2) is 4.85. The molecule has 1 amide bonds. The number of carbonyl (C=O) groups excluding carboxylic acids is 1. The third-order valence-corrected chi connectivity index (χ3v) is 4.26. The maximum absolute atomic E-state index is 12.6. The van der Waals surface area contributed by atoms with E-state index in [9.17, 15) is 4.79 Å². The number of nitrogens with one attached hydrogen (secondary N) is 1. The van der Waals surface area contributed by atoms with Gasteiger partial charge >= 0.3 is 0 Å². The van der Waals surface area contributed by atoms with E-state index < -0.39 is 0 Å². The van der Waals surface area contributed by atoms with Crippen LogP contribution in [0.2, 0.25) is 0 Å². The Bertz CT molecular complexity index is 489. The largest absolute Gasteiger partial charge is 0.496 e. The van der Waals surface area contributed by atoms with Gasteiger partial charge < -0.3 is 15.0 Å². The molecule has 2 heterocycles. The number of nitrogens with zero attached hydrogens (tertiary/aromatic N) is 1. The van der Waals surface area contributed by atoms with Gasteiger partial charge in [-0.2, -0.15) is 0 Å². The minimum Gasteiger partial charge on any atom is -0.496 e. The van der Waals surface area contributed by atoms with Crippen LogP contribution in [-0.2, 0) is 0 Å². The van der Waals surface area contributed by atoms with Crippen LogP contribution in [0.5, 0.6) is 5.75 Å². The van der Waals surface area contributed by atoms with Crippen LogP contribution in [0, 0.1) is 18.8 Å². The Morgan fingerprint density at radius 2 is 2.00 bits per heavy atom. The Morgan fingerprint density at radius 1 is 1.32 bits per heavy atom. The van der Waals surface area contributed by atoms with E-state index in [1.165, 1.54) is 0 Å². The molecule has 1 aromatic carbocycles. The molecule has 2 atom stereocenters. The van der Waals surface area contributed by atoms with Crippen molar-refractivity contribution >= 4 is 5.91 Å². The molecule has 2 fully saturated rings. The van der Waals surface area contributed by atoms with Gasteiger partial charge in [-0.25, -0.2) is 0 Å². The molecule has 2 aliphatic heterocycles. The van der Waals surface area contributed by atoms with Crippen LogP contribution < -0.4 is 10.1 Å². The molecule has 4 nitrogen and oxygen atoms in total. The fourth-order valence-electron chi connectivity index (χ4n) is 3.18. The number of rotatable bonds is 2. The summed E-state index contributed by atoms with van der Waals surface area (Å²) in [5.41, 5.74) is 1.78. The summed E-state index contributed by atoms with van der Waals surface area (Å²) in [7, 11) is 1.62. The fraction of sp³-hybridized carbons (Fsp3) is 0.533. The number of aryl methyl sites for hydroxylation is 1. The number of hydrogen-bond donors (Lipinski definition) is 1. The molecule has 4 heteroatoms. The van der Waals surface area contributed by atoms with E-state index in [-0.39, 0.29) is 5.91 Å². The lowest BCUT2D eigenvalue weighted by molar-refractivity contribution is 0.0778. The SMILES string of the molecule is COc1ccc(C)cc1C(=O)N1C[C@H]2CNC[C@H]2C1. The minimum atomic E-state index is 0.106. The van der Waals surface area contributed by atoms with Gasteiger partial charge in [0.05, 0.1) is 12.7 Å². The van der Waals surface area contributed by atoms with Gasteiger partial charge in [0.2, 0.25) is 0 Å². The van der Waals surface area contributed by atoms with Crippen LogP contribution in [0.25, 0.3) is 0 Å². The molecule has 0 unspecified atom stereocenters. The summed E-state index contributed by atoms with van der Waals surface area (Å²) < 4.78 is 5.32. The van der Waals surface area contributed by atoms with E-state index in [1.807, 2.05) is 30.0 Å². The van der Waals surface area contributed by atoms with Crippen molar-refractivity contribution in [1.82, 2.24) is 10.2 Å². The summed E-state index contributed by atoms with van der Waals surface area (Å²) >= 11 is 0. The van der Waals surface area contributed by atoms with Crippen molar-refractivity contribution in [3.05, 3.63) is 29.3 Å². The monoisotopic (exact) mass is 260 g/mol. The molecule has 0 bridgehead atoms. The van der Waals surface area contributed by atoms with Crippen molar-refractivity contribution in [3.63, 3.8) is 0 Å². The average molecular weight is 260 g/mol. The molecule has 3 rings (SSSR count). The highest BCUT2D eigenvalue weighted by molar-refractivity contribution is 5.97. The number of hydrogen-bond acceptors (Lipinski definition) is 3. The van der Waals surface area contributed by atoms with Crippen molar-refractivity contribution in [2.24, 2.45) is 11.8 Å². The molecule has 1 aromatic rings. The van der Waals surface area contributed by atoms with Crippen molar-refractivity contribution in [2.75, 3.05) is 33.3 Å². The first-order chi connectivity index (χ1) is 9.19. The maximum Gasteiger partial charge on any atom is 0.257 e. The quantitative estimate of drug-likeness (QED) is 0.871. The van der Waals surface area contributed by atoms with Crippen molar-refractivity contribution in [2.45, 2.75) is 6.92 Å². The third kappa shape index (κ3) is 2.21. The number of likely N-dealkylation sites (tertiary alicyclic amines) is 1. The predicted molar refractivity (Wildman–Crippen MR) is 73.5 cm³/mol. The van der Waals surface area contributed by atoms with Gasteiger partial charge in [0.25, 0.3) is 5.91 Å². The molecule has 19 heavy (non-hydrogen) atoms. The molecular formula is C15H20N2O2. The smallest absolute Gasteiger partial charge is 0.257 e. The van der Waals surface area contributed by atoms with E-state index in [2.05, 4.69) is 5.32 Å². The second-order valence-corrected chi connectivity index (χ2v) is 5.59. The summed E-state index contributed by atoms with van der Waals surface area (Å²) in [5.74, 6) is 2.03. The summed E-state index contributed by atoms with van der Waals surface area (Å²) in [6.45, 7) is 5.82. The van der Waals surface area contributed by atoms with Gasteiger partial charge in [0, 0.05) is 26.2 Å². The van der Waals surface area contributed by atoms with E-state index in [4.69, 9.17) is 4.74 Å². The van der Waals surface area contributed by atoms with Gasteiger partial charge in [-0.3, -0.25) is 4.79 Å². The standard InChI is InChI=1S/C15H20N2O2/c1-10-3-4-14(19-2)13(5-10)15(18)17-8-11-6-16-7-12(11)9-17/h3-5,11-12,16H,6-9H2,1-2H3/t11-,12+. The molecule has 0 radical (unpaired) electrons. The zero-order valence-corrected chi connectivity index (χ0v) is 11.5. The highest BCUT2D eigenvalue weighted by atomic mass is 16.5. The summed E-state index contributed by atoms with van der Waals surface area (Å²) in [4.78, 5) is 14.6. The van der Waals surface area contributed by atoms with Crippen molar-refractivity contribution in [1.29, 1.82) is 0 Å². The first-order valence-corrected chi connectivity index (χ1v) is 6.83. The Kier molecular flexibility index (Phi) is 3.19. The zero-order chi connectivity index (χ0) is 13.4. The fourth-order valence-corrected chi connectivity index (χ4v) is 3.18. The van der Waals surface area contributed by atoms with E-state index >= 15 is 0 Å². The van der Waals surface area contributed by atoms with Crippen molar-refractivity contribution in [3.8, 4) is 5.75 Å². The number of fused-ring (bicyclic) bond motifs is 1. The maximum atomic E-state index is 12.6. The van der Waals surface area contributed by atoms with E-state index in [1.54, 1.807) is 7.11 Å². The van der Waals surface area contributed by atoms with E-state index in [0.29, 0.717) is 23.1 Å². The Labute approximate surface area is 113 Å². The molecule has 0 spiro atoms. The van der Waals surface area contributed by atoms with Crippen LogP contribution in [-0.4, -0.2) is 44.1 Å². The van der Waals surface area contributed by atoms with Gasteiger partial charge in [-0.15, -0.1) is 0 Å². The highest BCUT2D eigenvalue weighted by Crippen LogP contribution is 2.29. The first kappa shape index (κ1) is 12.5. The third-order valence-electron chi connectivity index (χ3n) is 4.26. The lowest BCUT2D eigenvalue weighted by Crippen LogP contribution is -2.32. The van der Waals surface area contributed by atoms with Gasteiger partial charge in [-0.05, 0) is 30.9 Å². The highest BCUT2D eigenvalue weighted by Gasteiger charge is 2.38. The van der Waals surface area contributed by atoms with Crippen LogP contribution in [0.4, 0.5) is 0 Å². The molecule has 0 aliphatic carbocycles. The topological polar surface area (TPSA) is 41.6 Å². The Hall–Kier alpha value is -1.55. The molecule has 1 N–H and O–H groups in total. The first-order valence-electron chi connectivity index (χ1n) is 6.83. The second-order valence-electron chi connectivity index (χ2n) is 5.59. The number of ether oxygens (including phenoxy) is 1. The van der Waals surface area contributed by atoms with Gasteiger partial charge in [0.15, 0.2) is 0 Å². The zero-order valence-electron chi connectivity index (χ0n) is 11.5. The normalized spacial score (nSPS) is 25.5. The van der Waals surface area contributed by atoms with Crippen LogP contribution in [0.1, 0.15) is 15.9 Å². The van der Waals surface area contributed by atoms with Crippen LogP contribution in [0.15, 0.2) is 18.2 Å². The summed E-state index contributed by atoms with van der Waals surface area (Å²) in [5, 5.41) is 3.39. The lowest BCUT2D eigenvalue weighted by Gasteiger charge is -2.19. The summed E-state index contributed by atoms with van der Waals surface area (Å²) in [6, 6.07) is 5.77. The molecule has 102 valence electrons. The molecule has 0 saturated carbocycles. The number of amides is 1. The Balaban J connectivity index is 1.82. The van der Waals surface area contributed by atoms with Crippen molar-refractivity contribution < 1.29 is 9.53 Å². The Morgan fingerprint density at radius 3 is 2.63 bits per heavy atom. The molecular weight excluding hydrogens is 240 g/mol. The lowest BCUT2D eigenvalue weighted by atomic mass is 10.0. The van der Waals surface area contributed by atoms with Crippen LogP contribution >= 0.6 is 0 Å². The average Bonchev–Trinajstić information content (AvgIpc) is 2.98. The number of carbonyl (C=O) groups is 1. The van der Waals surface area contributed by atoms with Gasteiger partial charge in [0.1, 0.15) is 5.75 Å². The molecule has 2 aliphatic rings. The van der Waals surface area contributed by atoms with Gasteiger partial charge in [-0.1, -0.05) is 11.6 Å². The minimum absolute atomic E-state index is 0.106. The van der Waals surface area contributed by atoms with E-state index in [0.717, 1.165) is 31.7 Å². The number of benzene rings is 1. The number of methoxy groups -OCH3 is 1. The summed E-state index contributed by atoms with van der Waals surface area (Å²) in [6.07, 6.45) is 0. The molecule has 2 saturated heterocycles. The molecule has 0 aromatic heterocycles. The van der Waals surface area contributed by atoms with Crippen LogP contribution in [0.3, 0.4) is 0 Å². The predicted octanol–water partition coefficient (Wildman–Crippen LogP) is 1.30.